The molecule has 1 aromatic carbocycles. The summed E-state index contributed by atoms with van der Waals surface area (Å²) >= 11 is 0. The van der Waals surface area contributed by atoms with E-state index in [0.717, 1.165) is 0 Å². The van der Waals surface area contributed by atoms with Gasteiger partial charge in [0.2, 0.25) is 0 Å². The van der Waals surface area contributed by atoms with Gasteiger partial charge in [0.15, 0.2) is 0 Å². The second kappa shape index (κ2) is 5.04. The molecule has 1 aromatic rings. The van der Waals surface area contributed by atoms with Crippen molar-refractivity contribution >= 4 is 0 Å². The van der Waals surface area contributed by atoms with Crippen molar-refractivity contribution in [1.82, 2.24) is 0 Å². The van der Waals surface area contributed by atoms with E-state index in [1.165, 1.54) is 11.1 Å². The predicted octanol–water partition coefficient (Wildman–Crippen LogP) is 0.0967. The molecule has 0 unspecified atom stereocenters. The second-order valence-electron chi connectivity index (χ2n) is 4.01. The summed E-state index contributed by atoms with van der Waals surface area (Å²) in [5.74, 6) is 0. The first-order valence-electron chi connectivity index (χ1n) is 3.99. The minimum atomic E-state index is 0. The molecule has 0 nitrogen and oxygen atoms in total. The maximum atomic E-state index is 3.21. The molecule has 0 aliphatic heterocycles. The minimum Gasteiger partial charge on any atom is -0.180 e. The van der Waals surface area contributed by atoms with Gasteiger partial charge in [0.1, 0.15) is 0 Å². The van der Waals surface area contributed by atoms with Gasteiger partial charge in [-0.25, -0.2) is 0 Å². The molecule has 1 rings (SSSR count). The largest absolute Gasteiger partial charge is 1.00 e. The smallest absolute Gasteiger partial charge is 0.180 e. The predicted molar refractivity (Wildman–Crippen MR) is 48.7 cm³/mol. The van der Waals surface area contributed by atoms with Crippen LogP contribution in [0, 0.1) is 13.0 Å². The van der Waals surface area contributed by atoms with E-state index in [0.29, 0.717) is 0 Å². The van der Waals surface area contributed by atoms with Crippen LogP contribution in [0.15, 0.2) is 18.2 Å². The molecule has 0 spiro atoms. The van der Waals surface area contributed by atoms with Crippen LogP contribution in [0.25, 0.3) is 0 Å². The van der Waals surface area contributed by atoms with Crippen molar-refractivity contribution in [1.29, 1.82) is 0 Å². The number of aryl methyl sites for hydroxylation is 1. The summed E-state index contributed by atoms with van der Waals surface area (Å²) in [6, 6.07) is 9.57. The third-order valence-corrected chi connectivity index (χ3v) is 1.83. The summed E-state index contributed by atoms with van der Waals surface area (Å²) in [7, 11) is 0. The Morgan fingerprint density at radius 1 is 1.17 bits per heavy atom. The Morgan fingerprint density at radius 2 is 1.75 bits per heavy atom. The molecular formula is C11H15Rb. The average molecular weight is 233 g/mol. The van der Waals surface area contributed by atoms with Crippen LogP contribution in [-0.2, 0) is 5.41 Å². The van der Waals surface area contributed by atoms with Gasteiger partial charge in [0.25, 0.3) is 0 Å². The summed E-state index contributed by atoms with van der Waals surface area (Å²) in [4.78, 5) is 0. The van der Waals surface area contributed by atoms with Crippen molar-refractivity contribution in [2.45, 2.75) is 33.1 Å². The monoisotopic (exact) mass is 232 g/mol. The average Bonchev–Trinajstić information content (AvgIpc) is 1.86. The van der Waals surface area contributed by atoms with E-state index in [1.54, 1.807) is 0 Å². The van der Waals surface area contributed by atoms with Gasteiger partial charge < -0.3 is 0 Å². The molecule has 0 heterocycles. The molecule has 0 amide bonds. The Hall–Kier alpha value is 1.03. The standard InChI is InChI=1S/C11H15.Rb/c1-9-5-7-10(8-6-9)11(2,3)4;/h5,7-8H,1-4H3;/q-1;+1. The molecule has 0 aliphatic carbocycles. The Kier molecular flexibility index (Phi) is 5.47. The van der Waals surface area contributed by atoms with Gasteiger partial charge >= 0.3 is 58.2 Å². The number of benzene rings is 1. The van der Waals surface area contributed by atoms with Gasteiger partial charge in [-0.15, -0.1) is 0 Å². The van der Waals surface area contributed by atoms with Crippen molar-refractivity contribution in [2.24, 2.45) is 0 Å². The van der Waals surface area contributed by atoms with Gasteiger partial charge in [0, 0.05) is 0 Å². The van der Waals surface area contributed by atoms with Crippen LogP contribution < -0.4 is 58.2 Å². The summed E-state index contributed by atoms with van der Waals surface area (Å²) in [6.45, 7) is 8.70. The molecular weight excluding hydrogens is 218 g/mol. The van der Waals surface area contributed by atoms with Gasteiger partial charge in [-0.3, -0.25) is 0 Å². The maximum Gasteiger partial charge on any atom is 1.00 e. The van der Waals surface area contributed by atoms with Crippen LogP contribution in [0.5, 0.6) is 0 Å². The zero-order valence-corrected chi connectivity index (χ0v) is 13.6. The van der Waals surface area contributed by atoms with Crippen LogP contribution >= 0.6 is 0 Å². The molecule has 0 N–H and O–H groups in total. The van der Waals surface area contributed by atoms with Gasteiger partial charge in [0.05, 0.1) is 0 Å². The molecule has 0 aromatic heterocycles. The number of hydrogen-bond donors (Lipinski definition) is 0. The Balaban J connectivity index is 0.00000121. The molecule has 60 valence electrons. The Labute approximate surface area is 125 Å². The fourth-order valence-electron chi connectivity index (χ4n) is 0.969. The van der Waals surface area contributed by atoms with Crippen LogP contribution in [-0.4, -0.2) is 0 Å². The van der Waals surface area contributed by atoms with E-state index in [-0.39, 0.29) is 63.6 Å². The summed E-state index contributed by atoms with van der Waals surface area (Å²) in [5, 5.41) is 0. The fraction of sp³-hybridized carbons (Fsp3) is 0.455. The minimum absolute atomic E-state index is 0. The van der Waals surface area contributed by atoms with Gasteiger partial charge in [-0.1, -0.05) is 33.1 Å². The molecule has 12 heavy (non-hydrogen) atoms. The third-order valence-electron chi connectivity index (χ3n) is 1.83. The van der Waals surface area contributed by atoms with E-state index >= 15 is 0 Å². The fourth-order valence-corrected chi connectivity index (χ4v) is 0.969. The van der Waals surface area contributed by atoms with E-state index in [2.05, 4.69) is 52.0 Å². The van der Waals surface area contributed by atoms with E-state index < -0.39 is 0 Å². The van der Waals surface area contributed by atoms with E-state index in [9.17, 15) is 0 Å². The maximum absolute atomic E-state index is 3.21. The summed E-state index contributed by atoms with van der Waals surface area (Å²) in [6.07, 6.45) is 0. The van der Waals surface area contributed by atoms with Gasteiger partial charge in [-0.2, -0.15) is 35.4 Å². The number of hydrogen-bond acceptors (Lipinski definition) is 0. The molecule has 0 atom stereocenters. The third kappa shape index (κ3) is 3.82. The number of rotatable bonds is 0. The first-order chi connectivity index (χ1) is 5.00. The van der Waals surface area contributed by atoms with E-state index in [1.807, 2.05) is 0 Å². The SMILES string of the molecule is Cc1[c-]cc(C(C)(C)C)cc1.[Rb+]. The molecule has 0 saturated carbocycles. The summed E-state index contributed by atoms with van der Waals surface area (Å²) < 4.78 is 0. The Morgan fingerprint density at radius 3 is 2.08 bits per heavy atom. The van der Waals surface area contributed by atoms with Crippen molar-refractivity contribution in [2.75, 3.05) is 0 Å². The van der Waals surface area contributed by atoms with Crippen LogP contribution in [0.1, 0.15) is 31.9 Å². The van der Waals surface area contributed by atoms with Crippen LogP contribution in [0.3, 0.4) is 0 Å². The van der Waals surface area contributed by atoms with E-state index in [4.69, 9.17) is 0 Å². The zero-order valence-electron chi connectivity index (χ0n) is 8.73. The molecule has 0 aliphatic rings. The van der Waals surface area contributed by atoms with Crippen molar-refractivity contribution in [3.8, 4) is 0 Å². The topological polar surface area (TPSA) is 0 Å². The van der Waals surface area contributed by atoms with Crippen LogP contribution in [0.2, 0.25) is 0 Å². The van der Waals surface area contributed by atoms with Crippen molar-refractivity contribution in [3.05, 3.63) is 35.4 Å². The van der Waals surface area contributed by atoms with Crippen LogP contribution in [0.4, 0.5) is 0 Å². The first kappa shape index (κ1) is 13.0. The second-order valence-corrected chi connectivity index (χ2v) is 4.01. The summed E-state index contributed by atoms with van der Waals surface area (Å²) in [5.41, 5.74) is 2.81. The Bertz CT molecular complexity index is 228. The molecule has 0 radical (unpaired) electrons. The molecule has 0 bridgehead atoms. The molecule has 1 heteroatoms. The normalized spacial score (nSPS) is 10.7. The van der Waals surface area contributed by atoms with Crippen molar-refractivity contribution < 1.29 is 58.2 Å². The molecule has 0 fully saturated rings. The van der Waals surface area contributed by atoms with Gasteiger partial charge in [-0.05, 0) is 0 Å². The van der Waals surface area contributed by atoms with Crippen molar-refractivity contribution in [3.63, 3.8) is 0 Å². The zero-order chi connectivity index (χ0) is 8.48. The quantitative estimate of drug-likeness (QED) is 0.557. The first-order valence-corrected chi connectivity index (χ1v) is 3.99. The molecule has 0 saturated heterocycles.